The zero-order valence-electron chi connectivity index (χ0n) is 16.1. The molecule has 0 unspecified atom stereocenters. The number of nitro benzene ring substituents is 1. The van der Waals surface area contributed by atoms with Crippen LogP contribution >= 0.6 is 0 Å². The Morgan fingerprint density at radius 1 is 1.16 bits per heavy atom. The first-order valence-corrected chi connectivity index (χ1v) is 9.21. The molecule has 0 bridgehead atoms. The number of imidazole rings is 1. The van der Waals surface area contributed by atoms with Gasteiger partial charge in [-0.1, -0.05) is 18.2 Å². The molecule has 0 aliphatic carbocycles. The molecule has 0 amide bonds. The Morgan fingerprint density at radius 3 is 2.58 bits per heavy atom. The standard InChI is InChI=1S/C21H16FN5O4/c1-2-10-25-20(28)18-19(26(21(25)29)16-8-6-15(22)7-9-16)23-13-24(18)12-14-4-3-5-17(11-14)27(30)31/h2-9,11,13H,1,10,12H2. The zero-order chi connectivity index (χ0) is 22.1. The molecule has 0 fully saturated rings. The predicted octanol–water partition coefficient (Wildman–Crippen LogP) is 2.63. The lowest BCUT2D eigenvalue weighted by Gasteiger charge is -2.12. The van der Waals surface area contributed by atoms with Crippen molar-refractivity contribution in [3.05, 3.63) is 110 Å². The summed E-state index contributed by atoms with van der Waals surface area (Å²) in [6.45, 7) is 3.69. The topological polar surface area (TPSA) is 105 Å². The van der Waals surface area contributed by atoms with Crippen LogP contribution in [0.1, 0.15) is 5.56 Å². The van der Waals surface area contributed by atoms with Crippen molar-refractivity contribution >= 4 is 16.9 Å². The van der Waals surface area contributed by atoms with Gasteiger partial charge in [-0.25, -0.2) is 18.7 Å². The van der Waals surface area contributed by atoms with E-state index in [2.05, 4.69) is 11.6 Å². The first kappa shape index (κ1) is 20.0. The van der Waals surface area contributed by atoms with Crippen molar-refractivity contribution in [2.45, 2.75) is 13.1 Å². The molecule has 0 radical (unpaired) electrons. The van der Waals surface area contributed by atoms with Gasteiger partial charge in [0.2, 0.25) is 0 Å². The second kappa shape index (κ2) is 7.82. The maximum absolute atomic E-state index is 13.4. The lowest BCUT2D eigenvalue weighted by molar-refractivity contribution is -0.384. The second-order valence-corrected chi connectivity index (χ2v) is 6.77. The SMILES string of the molecule is C=CCn1c(=O)c2c(ncn2Cc2cccc([N+](=O)[O-])c2)n(-c2ccc(F)cc2)c1=O. The maximum atomic E-state index is 13.4. The number of benzene rings is 2. The summed E-state index contributed by atoms with van der Waals surface area (Å²) in [6.07, 6.45) is 2.81. The average molecular weight is 421 g/mol. The highest BCUT2D eigenvalue weighted by Crippen LogP contribution is 2.18. The van der Waals surface area contributed by atoms with E-state index >= 15 is 0 Å². The third kappa shape index (κ3) is 3.54. The minimum atomic E-state index is -0.635. The molecule has 0 N–H and O–H groups in total. The van der Waals surface area contributed by atoms with Gasteiger partial charge in [0.1, 0.15) is 5.82 Å². The minimum Gasteiger partial charge on any atom is -0.320 e. The molecule has 0 atom stereocenters. The van der Waals surface area contributed by atoms with E-state index in [-0.39, 0.29) is 29.9 Å². The number of hydrogen-bond acceptors (Lipinski definition) is 5. The number of nitrogens with zero attached hydrogens (tertiary/aromatic N) is 5. The Balaban J connectivity index is 1.95. The second-order valence-electron chi connectivity index (χ2n) is 6.77. The Bertz CT molecular complexity index is 1430. The van der Waals surface area contributed by atoms with Gasteiger partial charge in [0, 0.05) is 25.2 Å². The molecule has 156 valence electrons. The number of aromatic nitrogens is 4. The van der Waals surface area contributed by atoms with E-state index in [1.807, 2.05) is 0 Å². The fourth-order valence-corrected chi connectivity index (χ4v) is 3.38. The normalized spacial score (nSPS) is 11.0. The van der Waals surface area contributed by atoms with Gasteiger partial charge in [-0.15, -0.1) is 6.58 Å². The smallest absolute Gasteiger partial charge is 0.320 e. The molecule has 4 aromatic rings. The number of fused-ring (bicyclic) bond motifs is 1. The van der Waals surface area contributed by atoms with Crippen molar-refractivity contribution in [3.63, 3.8) is 0 Å². The lowest BCUT2D eigenvalue weighted by atomic mass is 10.2. The van der Waals surface area contributed by atoms with E-state index in [0.29, 0.717) is 11.3 Å². The molecule has 4 rings (SSSR count). The number of hydrogen-bond donors (Lipinski definition) is 0. The van der Waals surface area contributed by atoms with Gasteiger partial charge in [-0.05, 0) is 29.8 Å². The molecule has 0 aliphatic heterocycles. The Labute approximate surface area is 174 Å². The van der Waals surface area contributed by atoms with Crippen molar-refractivity contribution in [2.24, 2.45) is 0 Å². The molecular weight excluding hydrogens is 405 g/mol. The molecule has 0 aliphatic rings. The number of nitro groups is 1. The molecule has 10 heteroatoms. The molecule has 9 nitrogen and oxygen atoms in total. The van der Waals surface area contributed by atoms with Crippen molar-refractivity contribution in [2.75, 3.05) is 0 Å². The quantitative estimate of drug-likeness (QED) is 0.270. The van der Waals surface area contributed by atoms with Gasteiger partial charge >= 0.3 is 5.69 Å². The third-order valence-electron chi connectivity index (χ3n) is 4.77. The van der Waals surface area contributed by atoms with E-state index in [0.717, 1.165) is 4.57 Å². The average Bonchev–Trinajstić information content (AvgIpc) is 3.16. The van der Waals surface area contributed by atoms with Crippen molar-refractivity contribution < 1.29 is 9.31 Å². The van der Waals surface area contributed by atoms with Gasteiger partial charge in [0.15, 0.2) is 11.2 Å². The van der Waals surface area contributed by atoms with E-state index < -0.39 is 22.0 Å². The van der Waals surface area contributed by atoms with Crippen LogP contribution in [0.25, 0.3) is 16.9 Å². The lowest BCUT2D eigenvalue weighted by Crippen LogP contribution is -2.39. The van der Waals surface area contributed by atoms with Crippen LogP contribution < -0.4 is 11.2 Å². The van der Waals surface area contributed by atoms with Gasteiger partial charge in [-0.2, -0.15) is 0 Å². The molecule has 2 heterocycles. The summed E-state index contributed by atoms with van der Waals surface area (Å²) in [7, 11) is 0. The molecule has 0 saturated heterocycles. The van der Waals surface area contributed by atoms with Crippen LogP contribution in [0.15, 0.2) is 77.1 Å². The summed E-state index contributed by atoms with van der Waals surface area (Å²) < 4.78 is 17.1. The number of allylic oxidation sites excluding steroid dienone is 1. The predicted molar refractivity (Wildman–Crippen MR) is 112 cm³/mol. The van der Waals surface area contributed by atoms with Gasteiger partial charge < -0.3 is 4.57 Å². The summed E-state index contributed by atoms with van der Waals surface area (Å²) in [4.78, 5) is 40.9. The Hall–Kier alpha value is -4.34. The molecule has 2 aromatic carbocycles. The highest BCUT2D eigenvalue weighted by Gasteiger charge is 2.19. The Kier molecular flexibility index (Phi) is 5.04. The summed E-state index contributed by atoms with van der Waals surface area (Å²) in [5.74, 6) is -0.469. The van der Waals surface area contributed by atoms with Crippen LogP contribution in [0, 0.1) is 15.9 Å². The van der Waals surface area contributed by atoms with E-state index in [1.165, 1.54) is 57.9 Å². The van der Waals surface area contributed by atoms with Gasteiger partial charge in [0.05, 0.1) is 16.9 Å². The van der Waals surface area contributed by atoms with Crippen LogP contribution in [0.2, 0.25) is 0 Å². The molecular formula is C21H16FN5O4. The highest BCUT2D eigenvalue weighted by molar-refractivity contribution is 5.72. The number of non-ortho nitro benzene ring substituents is 1. The van der Waals surface area contributed by atoms with Crippen molar-refractivity contribution in [1.29, 1.82) is 0 Å². The summed E-state index contributed by atoms with van der Waals surface area (Å²) in [6, 6.07) is 11.3. The summed E-state index contributed by atoms with van der Waals surface area (Å²) >= 11 is 0. The minimum absolute atomic E-state index is 0.0310. The van der Waals surface area contributed by atoms with Crippen molar-refractivity contribution in [3.8, 4) is 5.69 Å². The van der Waals surface area contributed by atoms with E-state index in [1.54, 1.807) is 12.1 Å². The molecule has 2 aromatic heterocycles. The fraction of sp³-hybridized carbons (Fsp3) is 0.0952. The molecule has 0 spiro atoms. The number of halogens is 1. The first-order chi connectivity index (χ1) is 14.9. The van der Waals surface area contributed by atoms with Crippen LogP contribution in [0.4, 0.5) is 10.1 Å². The number of rotatable bonds is 6. The van der Waals surface area contributed by atoms with E-state index in [9.17, 15) is 24.1 Å². The molecule has 0 saturated carbocycles. The van der Waals surface area contributed by atoms with Crippen LogP contribution in [-0.2, 0) is 13.1 Å². The van der Waals surface area contributed by atoms with Gasteiger partial charge in [-0.3, -0.25) is 19.5 Å². The fourth-order valence-electron chi connectivity index (χ4n) is 3.38. The van der Waals surface area contributed by atoms with E-state index in [4.69, 9.17) is 0 Å². The largest absolute Gasteiger partial charge is 0.337 e. The highest BCUT2D eigenvalue weighted by atomic mass is 19.1. The van der Waals surface area contributed by atoms with Crippen LogP contribution in [0.5, 0.6) is 0 Å². The van der Waals surface area contributed by atoms with Crippen LogP contribution in [-0.4, -0.2) is 23.6 Å². The Morgan fingerprint density at radius 2 is 1.90 bits per heavy atom. The summed E-state index contributed by atoms with van der Waals surface area (Å²) in [5.41, 5.74) is -0.109. The maximum Gasteiger partial charge on any atom is 0.337 e. The van der Waals surface area contributed by atoms with Crippen LogP contribution in [0.3, 0.4) is 0 Å². The summed E-state index contributed by atoms with van der Waals surface area (Å²) in [5, 5.41) is 11.1. The van der Waals surface area contributed by atoms with Gasteiger partial charge in [0.25, 0.3) is 11.2 Å². The van der Waals surface area contributed by atoms with Crippen molar-refractivity contribution in [1.82, 2.24) is 18.7 Å². The monoisotopic (exact) mass is 421 g/mol. The third-order valence-corrected chi connectivity index (χ3v) is 4.77. The first-order valence-electron chi connectivity index (χ1n) is 9.21. The molecule has 31 heavy (non-hydrogen) atoms. The zero-order valence-corrected chi connectivity index (χ0v) is 16.1.